The summed E-state index contributed by atoms with van der Waals surface area (Å²) in [5.41, 5.74) is 2.75. The molecule has 0 aliphatic carbocycles. The van der Waals surface area contributed by atoms with Gasteiger partial charge in [0.05, 0.1) is 6.20 Å². The molecule has 0 aliphatic rings. The van der Waals surface area contributed by atoms with Gasteiger partial charge >= 0.3 is 0 Å². The van der Waals surface area contributed by atoms with Gasteiger partial charge in [0.25, 0.3) is 5.22 Å². The van der Waals surface area contributed by atoms with E-state index < -0.39 is 0 Å². The Morgan fingerprint density at radius 3 is 2.68 bits per heavy atom. The van der Waals surface area contributed by atoms with Crippen molar-refractivity contribution in [3.8, 4) is 0 Å². The molecule has 2 rings (SSSR count). The zero-order chi connectivity index (χ0) is 13.9. The van der Waals surface area contributed by atoms with E-state index in [4.69, 9.17) is 4.42 Å². The third kappa shape index (κ3) is 4.40. The van der Waals surface area contributed by atoms with Gasteiger partial charge in [0.1, 0.15) is 6.26 Å². The number of benzene rings is 1. The number of oxazole rings is 1. The van der Waals surface area contributed by atoms with Crippen LogP contribution in [0.5, 0.6) is 0 Å². The molecule has 0 unspecified atom stereocenters. The van der Waals surface area contributed by atoms with Gasteiger partial charge in [-0.3, -0.25) is 0 Å². The first-order valence-electron chi connectivity index (χ1n) is 6.36. The van der Waals surface area contributed by atoms with Crippen molar-refractivity contribution in [3.05, 3.63) is 41.8 Å². The number of aromatic nitrogens is 1. The van der Waals surface area contributed by atoms with Gasteiger partial charge in [-0.1, -0.05) is 6.07 Å². The summed E-state index contributed by atoms with van der Waals surface area (Å²) in [6.07, 6.45) is 3.26. The lowest BCUT2D eigenvalue weighted by molar-refractivity contribution is 0.424. The lowest BCUT2D eigenvalue weighted by Crippen LogP contribution is -2.35. The maximum atomic E-state index is 5.24. The normalized spacial score (nSPS) is 11.8. The van der Waals surface area contributed by atoms with E-state index in [0.29, 0.717) is 5.22 Å². The SMILES string of the molecule is Cc1cc(Sc2ncco2)ccc1CNC(C)(C)C. The van der Waals surface area contributed by atoms with E-state index in [2.05, 4.69) is 56.2 Å². The molecule has 0 bridgehead atoms. The quantitative estimate of drug-likeness (QED) is 0.915. The van der Waals surface area contributed by atoms with Crippen LogP contribution in [0, 0.1) is 6.92 Å². The number of nitrogens with zero attached hydrogens (tertiary/aromatic N) is 1. The summed E-state index contributed by atoms with van der Waals surface area (Å²) >= 11 is 1.54. The number of hydrogen-bond donors (Lipinski definition) is 1. The molecule has 0 radical (unpaired) electrons. The molecule has 1 aromatic carbocycles. The van der Waals surface area contributed by atoms with Crippen LogP contribution in [0.4, 0.5) is 0 Å². The van der Waals surface area contributed by atoms with Crippen LogP contribution in [0.2, 0.25) is 0 Å². The van der Waals surface area contributed by atoms with Crippen molar-refractivity contribution in [1.82, 2.24) is 10.3 Å². The van der Waals surface area contributed by atoms with Crippen molar-refractivity contribution in [2.45, 2.75) is 49.9 Å². The van der Waals surface area contributed by atoms with Crippen LogP contribution in [0.3, 0.4) is 0 Å². The Morgan fingerprint density at radius 1 is 1.32 bits per heavy atom. The molecule has 0 fully saturated rings. The Bertz CT molecular complexity index is 530. The standard InChI is InChI=1S/C15H20N2OS/c1-11-9-13(19-14-16-7-8-18-14)6-5-12(11)10-17-15(2,3)4/h5-9,17H,10H2,1-4H3. The molecule has 1 N–H and O–H groups in total. The van der Waals surface area contributed by atoms with E-state index in [1.54, 1.807) is 24.2 Å². The second kappa shape index (κ2) is 5.80. The van der Waals surface area contributed by atoms with Crippen molar-refractivity contribution in [2.75, 3.05) is 0 Å². The lowest BCUT2D eigenvalue weighted by Gasteiger charge is -2.21. The average Bonchev–Trinajstić information content (AvgIpc) is 2.79. The summed E-state index contributed by atoms with van der Waals surface area (Å²) in [5.74, 6) is 0. The topological polar surface area (TPSA) is 38.1 Å². The molecule has 19 heavy (non-hydrogen) atoms. The monoisotopic (exact) mass is 276 g/mol. The fraction of sp³-hybridized carbons (Fsp3) is 0.400. The Morgan fingerprint density at radius 2 is 2.11 bits per heavy atom. The first-order chi connectivity index (χ1) is 8.94. The Hall–Kier alpha value is -1.26. The fourth-order valence-corrected chi connectivity index (χ4v) is 2.44. The minimum atomic E-state index is 0.137. The second-order valence-corrected chi connectivity index (χ2v) is 6.62. The third-order valence-corrected chi connectivity index (χ3v) is 3.60. The summed E-state index contributed by atoms with van der Waals surface area (Å²) in [4.78, 5) is 5.27. The molecule has 102 valence electrons. The lowest BCUT2D eigenvalue weighted by atomic mass is 10.1. The van der Waals surface area contributed by atoms with Gasteiger partial charge < -0.3 is 9.73 Å². The van der Waals surface area contributed by atoms with Gasteiger partial charge in [-0.2, -0.15) is 0 Å². The molecule has 0 aliphatic heterocycles. The van der Waals surface area contributed by atoms with Crippen LogP contribution in [-0.2, 0) is 6.54 Å². The number of aryl methyl sites for hydroxylation is 1. The first-order valence-corrected chi connectivity index (χ1v) is 7.17. The summed E-state index contributed by atoms with van der Waals surface area (Å²) in [6, 6.07) is 6.45. The van der Waals surface area contributed by atoms with Crippen molar-refractivity contribution >= 4 is 11.8 Å². The van der Waals surface area contributed by atoms with Crippen LogP contribution >= 0.6 is 11.8 Å². The van der Waals surface area contributed by atoms with Gasteiger partial charge in [-0.05, 0) is 62.7 Å². The molecule has 1 aromatic heterocycles. The Kier molecular flexibility index (Phi) is 4.32. The molecule has 0 spiro atoms. The van der Waals surface area contributed by atoms with Gasteiger partial charge in [0.2, 0.25) is 0 Å². The van der Waals surface area contributed by atoms with Crippen LogP contribution in [0.15, 0.2) is 45.2 Å². The molecule has 0 saturated heterocycles. The molecule has 0 atom stereocenters. The van der Waals surface area contributed by atoms with Gasteiger partial charge in [-0.15, -0.1) is 0 Å². The van der Waals surface area contributed by atoms with Crippen LogP contribution < -0.4 is 5.32 Å². The fourth-order valence-electron chi connectivity index (χ4n) is 1.65. The second-order valence-electron chi connectivity index (χ2n) is 5.59. The third-order valence-electron chi connectivity index (χ3n) is 2.74. The summed E-state index contributed by atoms with van der Waals surface area (Å²) in [7, 11) is 0. The van der Waals surface area contributed by atoms with Crippen molar-refractivity contribution in [1.29, 1.82) is 0 Å². The number of rotatable bonds is 4. The van der Waals surface area contributed by atoms with Crippen LogP contribution in [0.25, 0.3) is 0 Å². The predicted octanol–water partition coefficient (Wildman–Crippen LogP) is 4.02. The highest BCUT2D eigenvalue weighted by atomic mass is 32.2. The van der Waals surface area contributed by atoms with Gasteiger partial charge in [0, 0.05) is 17.0 Å². The zero-order valence-electron chi connectivity index (χ0n) is 11.9. The molecular weight excluding hydrogens is 256 g/mol. The van der Waals surface area contributed by atoms with Crippen LogP contribution in [-0.4, -0.2) is 10.5 Å². The van der Waals surface area contributed by atoms with E-state index in [1.807, 2.05) is 0 Å². The minimum Gasteiger partial charge on any atom is -0.440 e. The molecule has 3 nitrogen and oxygen atoms in total. The highest BCUT2D eigenvalue weighted by molar-refractivity contribution is 7.99. The van der Waals surface area contributed by atoms with Crippen molar-refractivity contribution in [3.63, 3.8) is 0 Å². The maximum absolute atomic E-state index is 5.24. The van der Waals surface area contributed by atoms with E-state index in [9.17, 15) is 0 Å². The summed E-state index contributed by atoms with van der Waals surface area (Å²) < 4.78 is 5.24. The minimum absolute atomic E-state index is 0.137. The van der Waals surface area contributed by atoms with Crippen LogP contribution in [0.1, 0.15) is 31.9 Å². The average molecular weight is 276 g/mol. The molecule has 0 saturated carbocycles. The molecule has 0 amide bonds. The molecule has 2 aromatic rings. The maximum Gasteiger partial charge on any atom is 0.260 e. The van der Waals surface area contributed by atoms with E-state index in [0.717, 1.165) is 11.4 Å². The first kappa shape index (κ1) is 14.2. The predicted molar refractivity (Wildman–Crippen MR) is 78.4 cm³/mol. The molecule has 4 heteroatoms. The number of hydrogen-bond acceptors (Lipinski definition) is 4. The van der Waals surface area contributed by atoms with Gasteiger partial charge in [0.15, 0.2) is 0 Å². The van der Waals surface area contributed by atoms with Crippen molar-refractivity contribution < 1.29 is 4.42 Å². The smallest absolute Gasteiger partial charge is 0.260 e. The van der Waals surface area contributed by atoms with E-state index in [1.165, 1.54) is 11.1 Å². The van der Waals surface area contributed by atoms with E-state index >= 15 is 0 Å². The van der Waals surface area contributed by atoms with Gasteiger partial charge in [-0.25, -0.2) is 4.98 Å². The van der Waals surface area contributed by atoms with Crippen molar-refractivity contribution in [2.24, 2.45) is 0 Å². The highest BCUT2D eigenvalue weighted by Crippen LogP contribution is 2.27. The highest BCUT2D eigenvalue weighted by Gasteiger charge is 2.10. The number of nitrogens with one attached hydrogen (secondary N) is 1. The van der Waals surface area contributed by atoms with E-state index in [-0.39, 0.29) is 5.54 Å². The molecule has 1 heterocycles. The Labute approximate surface area is 118 Å². The summed E-state index contributed by atoms with van der Waals surface area (Å²) in [5, 5.41) is 4.19. The Balaban J connectivity index is 2.04. The zero-order valence-corrected chi connectivity index (χ0v) is 12.7. The summed E-state index contributed by atoms with van der Waals surface area (Å²) in [6.45, 7) is 9.55. The largest absolute Gasteiger partial charge is 0.440 e. The molecular formula is C15H20N2OS.